The predicted octanol–water partition coefficient (Wildman–Crippen LogP) is 2.41. The number of carbonyl (C=O) groups is 1. The molecule has 27 heavy (non-hydrogen) atoms. The van der Waals surface area contributed by atoms with Crippen LogP contribution in [0.4, 0.5) is 5.69 Å². The molecule has 1 aromatic carbocycles. The third-order valence-corrected chi connectivity index (χ3v) is 5.32. The van der Waals surface area contributed by atoms with Crippen molar-refractivity contribution in [3.8, 4) is 0 Å². The number of benzene rings is 1. The number of hydrogen-bond acceptors (Lipinski definition) is 5. The summed E-state index contributed by atoms with van der Waals surface area (Å²) in [6.07, 6.45) is 7.29. The molecule has 1 aliphatic carbocycles. The van der Waals surface area contributed by atoms with Crippen molar-refractivity contribution in [2.45, 2.75) is 37.9 Å². The fraction of sp³-hybridized carbons (Fsp3) is 0.429. The number of hydrogen-bond donors (Lipinski definition) is 3. The molecule has 2 atom stereocenters. The average Bonchev–Trinajstić information content (AvgIpc) is 3.43. The Hall–Kier alpha value is -2.28. The van der Waals surface area contributed by atoms with Crippen molar-refractivity contribution >= 4 is 11.6 Å². The second-order valence-corrected chi connectivity index (χ2v) is 7.75. The molecule has 1 amide bonds. The van der Waals surface area contributed by atoms with Crippen molar-refractivity contribution in [2.24, 2.45) is 5.92 Å². The number of rotatable bonds is 7. The highest BCUT2D eigenvalue weighted by Gasteiger charge is 2.36. The number of anilines is 1. The first kappa shape index (κ1) is 18.1. The minimum absolute atomic E-state index is 0.116. The predicted molar refractivity (Wildman–Crippen MR) is 106 cm³/mol. The number of pyridine rings is 1. The SMILES string of the molecule is CN(Cc1ccc(C(=O)Nc2cccnc2)cc1)CC1CC(C2CC2)NN1. The van der Waals surface area contributed by atoms with Gasteiger partial charge >= 0.3 is 0 Å². The van der Waals surface area contributed by atoms with Crippen LogP contribution in [0, 0.1) is 5.92 Å². The van der Waals surface area contributed by atoms with Gasteiger partial charge in [-0.05, 0) is 62.1 Å². The van der Waals surface area contributed by atoms with Gasteiger partial charge in [-0.1, -0.05) is 12.1 Å². The van der Waals surface area contributed by atoms with Crippen LogP contribution in [-0.4, -0.2) is 41.5 Å². The van der Waals surface area contributed by atoms with Crippen LogP contribution in [-0.2, 0) is 6.54 Å². The number of hydrazine groups is 1. The Labute approximate surface area is 160 Å². The van der Waals surface area contributed by atoms with Crippen LogP contribution in [0.2, 0.25) is 0 Å². The van der Waals surface area contributed by atoms with E-state index in [0.717, 1.165) is 19.0 Å². The Kier molecular flexibility index (Phi) is 5.48. The number of likely N-dealkylation sites (N-methyl/N-ethyl adjacent to an activating group) is 1. The molecule has 1 saturated heterocycles. The largest absolute Gasteiger partial charge is 0.321 e. The van der Waals surface area contributed by atoms with E-state index < -0.39 is 0 Å². The van der Waals surface area contributed by atoms with E-state index in [-0.39, 0.29) is 5.91 Å². The quantitative estimate of drug-likeness (QED) is 0.703. The summed E-state index contributed by atoms with van der Waals surface area (Å²) in [5.41, 5.74) is 9.46. The number of amides is 1. The molecule has 6 nitrogen and oxygen atoms in total. The van der Waals surface area contributed by atoms with Gasteiger partial charge in [-0.25, -0.2) is 0 Å². The third kappa shape index (κ3) is 4.91. The van der Waals surface area contributed by atoms with E-state index in [1.807, 2.05) is 30.3 Å². The van der Waals surface area contributed by atoms with Crippen molar-refractivity contribution in [2.75, 3.05) is 18.9 Å². The topological polar surface area (TPSA) is 69.3 Å². The molecular weight excluding hydrogens is 338 g/mol. The molecule has 2 unspecified atom stereocenters. The van der Waals surface area contributed by atoms with E-state index in [9.17, 15) is 4.79 Å². The fourth-order valence-corrected chi connectivity index (χ4v) is 3.73. The maximum absolute atomic E-state index is 12.3. The van der Waals surface area contributed by atoms with Crippen molar-refractivity contribution < 1.29 is 4.79 Å². The van der Waals surface area contributed by atoms with Gasteiger partial charge in [-0.15, -0.1) is 0 Å². The van der Waals surface area contributed by atoms with Crippen molar-refractivity contribution in [3.63, 3.8) is 0 Å². The molecule has 0 radical (unpaired) electrons. The van der Waals surface area contributed by atoms with E-state index in [1.165, 1.54) is 24.8 Å². The lowest BCUT2D eigenvalue weighted by Gasteiger charge is -2.20. The third-order valence-electron chi connectivity index (χ3n) is 5.32. The van der Waals surface area contributed by atoms with Crippen LogP contribution in [0.25, 0.3) is 0 Å². The van der Waals surface area contributed by atoms with Gasteiger partial charge in [-0.2, -0.15) is 0 Å². The number of aromatic nitrogens is 1. The lowest BCUT2D eigenvalue weighted by molar-refractivity contribution is 0.102. The summed E-state index contributed by atoms with van der Waals surface area (Å²) in [5.74, 6) is 0.772. The molecular formula is C21H27N5O. The number of carbonyl (C=O) groups excluding carboxylic acids is 1. The zero-order valence-electron chi connectivity index (χ0n) is 15.7. The standard InChI is InChI=1S/C21H27N5O/c1-26(14-19-11-20(25-24-19)16-8-9-16)13-15-4-6-17(7-5-15)21(27)23-18-3-2-10-22-12-18/h2-7,10,12,16,19-20,24-25H,8-9,11,13-14H2,1H3,(H,23,27). The van der Waals surface area contributed by atoms with Crippen LogP contribution in [0.3, 0.4) is 0 Å². The Morgan fingerprint density at radius 1 is 1.22 bits per heavy atom. The normalized spacial score (nSPS) is 22.1. The monoisotopic (exact) mass is 365 g/mol. The fourth-order valence-electron chi connectivity index (χ4n) is 3.73. The summed E-state index contributed by atoms with van der Waals surface area (Å²) in [7, 11) is 2.15. The summed E-state index contributed by atoms with van der Waals surface area (Å²) in [5, 5.41) is 2.86. The highest BCUT2D eigenvalue weighted by atomic mass is 16.1. The highest BCUT2D eigenvalue weighted by Crippen LogP contribution is 2.35. The number of nitrogens with zero attached hydrogens (tertiary/aromatic N) is 2. The molecule has 3 N–H and O–H groups in total. The molecule has 4 rings (SSSR count). The van der Waals surface area contributed by atoms with Crippen LogP contribution >= 0.6 is 0 Å². The van der Waals surface area contributed by atoms with Crippen LogP contribution < -0.4 is 16.2 Å². The maximum atomic E-state index is 12.3. The van der Waals surface area contributed by atoms with E-state index in [4.69, 9.17) is 0 Å². The molecule has 2 fully saturated rings. The Morgan fingerprint density at radius 3 is 2.74 bits per heavy atom. The highest BCUT2D eigenvalue weighted by molar-refractivity contribution is 6.04. The van der Waals surface area contributed by atoms with Crippen LogP contribution in [0.5, 0.6) is 0 Å². The Bertz CT molecular complexity index is 760. The summed E-state index contributed by atoms with van der Waals surface area (Å²) in [6, 6.07) is 12.6. The van der Waals surface area contributed by atoms with Crippen LogP contribution in [0.15, 0.2) is 48.8 Å². The van der Waals surface area contributed by atoms with Gasteiger partial charge in [0, 0.05) is 36.9 Å². The minimum atomic E-state index is -0.116. The van der Waals surface area contributed by atoms with E-state index in [2.05, 4.69) is 33.1 Å². The van der Waals surface area contributed by atoms with E-state index in [1.54, 1.807) is 18.5 Å². The molecule has 142 valence electrons. The van der Waals surface area contributed by atoms with Crippen molar-refractivity contribution in [1.29, 1.82) is 0 Å². The summed E-state index contributed by atoms with van der Waals surface area (Å²) in [6.45, 7) is 1.89. The molecule has 2 heterocycles. The Balaban J connectivity index is 1.26. The second kappa shape index (κ2) is 8.17. The molecule has 6 heteroatoms. The smallest absolute Gasteiger partial charge is 0.255 e. The summed E-state index contributed by atoms with van der Waals surface area (Å²) >= 11 is 0. The zero-order chi connectivity index (χ0) is 18.6. The number of nitrogens with one attached hydrogen (secondary N) is 3. The molecule has 1 aromatic heterocycles. The molecule has 2 aromatic rings. The molecule has 0 bridgehead atoms. The first-order chi connectivity index (χ1) is 13.2. The zero-order valence-corrected chi connectivity index (χ0v) is 15.7. The van der Waals surface area contributed by atoms with E-state index in [0.29, 0.717) is 23.3 Å². The van der Waals surface area contributed by atoms with Gasteiger partial charge in [0.05, 0.1) is 11.9 Å². The molecule has 1 saturated carbocycles. The van der Waals surface area contributed by atoms with Gasteiger partial charge < -0.3 is 10.2 Å². The molecule has 2 aliphatic rings. The first-order valence-corrected chi connectivity index (χ1v) is 9.67. The van der Waals surface area contributed by atoms with Gasteiger partial charge in [0.1, 0.15) is 0 Å². The lowest BCUT2D eigenvalue weighted by atomic mass is 10.1. The van der Waals surface area contributed by atoms with Gasteiger partial charge in [0.25, 0.3) is 5.91 Å². The molecule has 0 spiro atoms. The van der Waals surface area contributed by atoms with Crippen molar-refractivity contribution in [3.05, 3.63) is 59.9 Å². The van der Waals surface area contributed by atoms with E-state index >= 15 is 0 Å². The maximum Gasteiger partial charge on any atom is 0.255 e. The van der Waals surface area contributed by atoms with Crippen LogP contribution in [0.1, 0.15) is 35.2 Å². The Morgan fingerprint density at radius 2 is 2.04 bits per heavy atom. The average molecular weight is 365 g/mol. The summed E-state index contributed by atoms with van der Waals surface area (Å²) < 4.78 is 0. The second-order valence-electron chi connectivity index (χ2n) is 7.75. The van der Waals surface area contributed by atoms with Gasteiger partial charge in [-0.3, -0.25) is 20.6 Å². The lowest BCUT2D eigenvalue weighted by Crippen LogP contribution is -2.39. The summed E-state index contributed by atoms with van der Waals surface area (Å²) in [4.78, 5) is 18.6. The van der Waals surface area contributed by atoms with Gasteiger partial charge in [0.2, 0.25) is 0 Å². The minimum Gasteiger partial charge on any atom is -0.321 e. The van der Waals surface area contributed by atoms with Crippen molar-refractivity contribution in [1.82, 2.24) is 20.7 Å². The van der Waals surface area contributed by atoms with Gasteiger partial charge in [0.15, 0.2) is 0 Å². The first-order valence-electron chi connectivity index (χ1n) is 9.67. The molecule has 1 aliphatic heterocycles.